The minimum atomic E-state index is 0.296. The number of aromatic amines is 1. The largest absolute Gasteiger partial charge is 0.341 e. The minimum absolute atomic E-state index is 0.296. The summed E-state index contributed by atoms with van der Waals surface area (Å²) in [5.41, 5.74) is 6.31. The van der Waals surface area contributed by atoms with E-state index >= 15 is 0 Å². The van der Waals surface area contributed by atoms with Crippen molar-refractivity contribution in [3.05, 3.63) is 114 Å². The Labute approximate surface area is 196 Å². The molecule has 0 amide bonds. The molecule has 4 aromatic rings. The Kier molecular flexibility index (Phi) is 6.38. The van der Waals surface area contributed by atoms with E-state index in [9.17, 15) is 0 Å². The Bertz CT molecular complexity index is 1100. The Hall–Kier alpha value is -3.21. The van der Waals surface area contributed by atoms with Gasteiger partial charge in [0.05, 0.1) is 17.9 Å². The molecule has 1 aromatic heterocycles. The average molecular weight is 437 g/mol. The lowest BCUT2D eigenvalue weighted by atomic mass is 9.96. The molecule has 4 heteroatoms. The van der Waals surface area contributed by atoms with Crippen LogP contribution in [0, 0.1) is 6.92 Å². The van der Waals surface area contributed by atoms with Gasteiger partial charge in [0.2, 0.25) is 0 Å². The molecule has 1 aliphatic heterocycles. The monoisotopic (exact) mass is 436 g/mol. The third-order valence-corrected chi connectivity index (χ3v) is 6.86. The summed E-state index contributed by atoms with van der Waals surface area (Å²) in [7, 11) is 0. The van der Waals surface area contributed by atoms with Crippen molar-refractivity contribution in [2.24, 2.45) is 0 Å². The number of nitrogens with zero attached hydrogens (tertiary/aromatic N) is 3. The van der Waals surface area contributed by atoms with Gasteiger partial charge in [-0.15, -0.1) is 0 Å². The summed E-state index contributed by atoms with van der Waals surface area (Å²) in [6, 6.07) is 30.9. The maximum Gasteiger partial charge on any atom is 0.137 e. The standard InChI is InChI=1S/C29H32N4/c1-22-13-15-26(16-14-22)29-30-21-27(31-29)23(2)32-17-19-33(20-18-32)28(24-9-5-3-6-10-24)25-11-7-4-8-12-25/h3-16,21,23,28H,17-20H2,1-2H3,(H,30,31). The summed E-state index contributed by atoms with van der Waals surface area (Å²) in [5.74, 6) is 0.948. The molecule has 1 aliphatic rings. The summed E-state index contributed by atoms with van der Waals surface area (Å²) >= 11 is 0. The number of aryl methyl sites for hydroxylation is 1. The number of piperazine rings is 1. The molecule has 0 bridgehead atoms. The molecule has 5 rings (SSSR count). The molecule has 33 heavy (non-hydrogen) atoms. The van der Waals surface area contributed by atoms with E-state index in [1.54, 1.807) is 0 Å². The molecule has 0 radical (unpaired) electrons. The molecule has 0 aliphatic carbocycles. The summed E-state index contributed by atoms with van der Waals surface area (Å²) < 4.78 is 0. The van der Waals surface area contributed by atoms with E-state index in [2.05, 4.69) is 119 Å². The van der Waals surface area contributed by atoms with Gasteiger partial charge < -0.3 is 4.98 Å². The topological polar surface area (TPSA) is 35.2 Å². The Morgan fingerprint density at radius 2 is 1.27 bits per heavy atom. The second kappa shape index (κ2) is 9.74. The first-order chi connectivity index (χ1) is 16.2. The SMILES string of the molecule is Cc1ccc(-c2ncc(C(C)N3CCN(C(c4ccccc4)c4ccccc4)CC3)[nH]2)cc1. The van der Waals surface area contributed by atoms with Crippen molar-refractivity contribution >= 4 is 0 Å². The van der Waals surface area contributed by atoms with Gasteiger partial charge in [-0.3, -0.25) is 9.80 Å². The number of H-pyrrole nitrogens is 1. The van der Waals surface area contributed by atoms with Gasteiger partial charge in [0, 0.05) is 37.8 Å². The Morgan fingerprint density at radius 3 is 1.85 bits per heavy atom. The molecular formula is C29H32N4. The zero-order valence-electron chi connectivity index (χ0n) is 19.5. The number of rotatable bonds is 6. The predicted molar refractivity (Wildman–Crippen MR) is 135 cm³/mol. The van der Waals surface area contributed by atoms with Gasteiger partial charge in [-0.25, -0.2) is 4.98 Å². The fourth-order valence-electron chi connectivity index (χ4n) is 4.87. The van der Waals surface area contributed by atoms with Gasteiger partial charge in [0.1, 0.15) is 5.82 Å². The second-order valence-electron chi connectivity index (χ2n) is 9.02. The summed E-state index contributed by atoms with van der Waals surface area (Å²) in [6.07, 6.45) is 2.00. The molecule has 0 spiro atoms. The normalized spacial score (nSPS) is 16.2. The van der Waals surface area contributed by atoms with Crippen LogP contribution in [0.25, 0.3) is 11.4 Å². The van der Waals surface area contributed by atoms with Crippen molar-refractivity contribution in [1.29, 1.82) is 0 Å². The maximum absolute atomic E-state index is 4.66. The van der Waals surface area contributed by atoms with Crippen LogP contribution in [0.5, 0.6) is 0 Å². The van der Waals surface area contributed by atoms with Gasteiger partial charge in [-0.2, -0.15) is 0 Å². The lowest BCUT2D eigenvalue weighted by Gasteiger charge is -2.41. The van der Waals surface area contributed by atoms with Crippen LogP contribution < -0.4 is 0 Å². The van der Waals surface area contributed by atoms with E-state index in [1.165, 1.54) is 22.4 Å². The number of hydrogen-bond donors (Lipinski definition) is 1. The van der Waals surface area contributed by atoms with Crippen molar-refractivity contribution in [3.8, 4) is 11.4 Å². The van der Waals surface area contributed by atoms with Crippen LogP contribution in [0.3, 0.4) is 0 Å². The summed E-state index contributed by atoms with van der Waals surface area (Å²) in [4.78, 5) is 13.4. The third-order valence-electron chi connectivity index (χ3n) is 6.86. The van der Waals surface area contributed by atoms with Gasteiger partial charge in [0.15, 0.2) is 0 Å². The van der Waals surface area contributed by atoms with E-state index < -0.39 is 0 Å². The summed E-state index contributed by atoms with van der Waals surface area (Å²) in [5, 5.41) is 0. The highest BCUT2D eigenvalue weighted by molar-refractivity contribution is 5.55. The van der Waals surface area contributed by atoms with E-state index in [-0.39, 0.29) is 0 Å². The number of nitrogens with one attached hydrogen (secondary N) is 1. The zero-order chi connectivity index (χ0) is 22.6. The minimum Gasteiger partial charge on any atom is -0.341 e. The van der Waals surface area contributed by atoms with Crippen LogP contribution in [0.4, 0.5) is 0 Å². The fourth-order valence-corrected chi connectivity index (χ4v) is 4.87. The average Bonchev–Trinajstić information content (AvgIpc) is 3.36. The quantitative estimate of drug-likeness (QED) is 0.412. The van der Waals surface area contributed by atoms with Crippen LogP contribution in [-0.2, 0) is 0 Å². The molecule has 1 atom stereocenters. The second-order valence-corrected chi connectivity index (χ2v) is 9.02. The maximum atomic E-state index is 4.66. The molecule has 4 nitrogen and oxygen atoms in total. The molecule has 168 valence electrons. The Balaban J connectivity index is 1.28. The molecule has 1 unspecified atom stereocenters. The van der Waals surface area contributed by atoms with E-state index in [1.807, 2.05) is 6.20 Å². The van der Waals surface area contributed by atoms with Crippen molar-refractivity contribution in [3.63, 3.8) is 0 Å². The molecule has 2 heterocycles. The first-order valence-corrected chi connectivity index (χ1v) is 11.9. The van der Waals surface area contributed by atoms with Crippen LogP contribution in [-0.4, -0.2) is 45.9 Å². The smallest absolute Gasteiger partial charge is 0.137 e. The van der Waals surface area contributed by atoms with Crippen LogP contribution in [0.2, 0.25) is 0 Å². The highest BCUT2D eigenvalue weighted by Crippen LogP contribution is 2.31. The molecule has 1 fully saturated rings. The molecule has 0 saturated carbocycles. The first kappa shape index (κ1) is 21.6. The molecule has 3 aromatic carbocycles. The highest BCUT2D eigenvalue weighted by atomic mass is 15.3. The number of imidazole rings is 1. The van der Waals surface area contributed by atoms with Crippen LogP contribution in [0.1, 0.15) is 41.4 Å². The fraction of sp³-hybridized carbons (Fsp3) is 0.276. The first-order valence-electron chi connectivity index (χ1n) is 11.9. The molecular weight excluding hydrogens is 404 g/mol. The van der Waals surface area contributed by atoms with E-state index in [0.29, 0.717) is 12.1 Å². The van der Waals surface area contributed by atoms with Crippen molar-refractivity contribution < 1.29 is 0 Å². The van der Waals surface area contributed by atoms with Gasteiger partial charge in [-0.05, 0) is 25.0 Å². The van der Waals surface area contributed by atoms with Crippen molar-refractivity contribution in [2.45, 2.75) is 25.9 Å². The van der Waals surface area contributed by atoms with Gasteiger partial charge in [-0.1, -0.05) is 90.5 Å². The van der Waals surface area contributed by atoms with Gasteiger partial charge in [0.25, 0.3) is 0 Å². The van der Waals surface area contributed by atoms with Gasteiger partial charge >= 0.3 is 0 Å². The number of hydrogen-bond acceptors (Lipinski definition) is 3. The third kappa shape index (κ3) is 4.77. The van der Waals surface area contributed by atoms with Crippen molar-refractivity contribution in [2.75, 3.05) is 26.2 Å². The van der Waals surface area contributed by atoms with Crippen molar-refractivity contribution in [1.82, 2.24) is 19.8 Å². The lowest BCUT2D eigenvalue weighted by molar-refractivity contribution is 0.0828. The number of benzene rings is 3. The van der Waals surface area contributed by atoms with Crippen LogP contribution >= 0.6 is 0 Å². The Morgan fingerprint density at radius 1 is 0.727 bits per heavy atom. The predicted octanol–water partition coefficient (Wildman–Crippen LogP) is 5.85. The zero-order valence-corrected chi connectivity index (χ0v) is 19.5. The van der Waals surface area contributed by atoms with E-state index in [4.69, 9.17) is 0 Å². The highest BCUT2D eigenvalue weighted by Gasteiger charge is 2.29. The molecule has 1 N–H and O–H groups in total. The molecule has 1 saturated heterocycles. The summed E-state index contributed by atoms with van der Waals surface area (Å²) in [6.45, 7) is 8.55. The van der Waals surface area contributed by atoms with Crippen LogP contribution in [0.15, 0.2) is 91.1 Å². The lowest BCUT2D eigenvalue weighted by Crippen LogP contribution is -2.48. The number of aromatic nitrogens is 2. The van der Waals surface area contributed by atoms with E-state index in [0.717, 1.165) is 37.6 Å².